The highest BCUT2D eigenvalue weighted by Crippen LogP contribution is 2.13. The monoisotopic (exact) mass is 251 g/mol. The van der Waals surface area contributed by atoms with Crippen LogP contribution in [0.5, 0.6) is 0 Å². The lowest BCUT2D eigenvalue weighted by Crippen LogP contribution is -2.29. The number of hydrogen-bond donors (Lipinski definition) is 1. The fourth-order valence-corrected chi connectivity index (χ4v) is 2.34. The van der Waals surface area contributed by atoms with Crippen molar-refractivity contribution in [2.75, 3.05) is 6.54 Å². The Bertz CT molecular complexity index is 433. The zero-order valence-corrected chi connectivity index (χ0v) is 9.65. The number of hydrogen-bond acceptors (Lipinski definition) is 2. The van der Waals surface area contributed by atoms with E-state index in [0.717, 1.165) is 6.07 Å². The van der Waals surface area contributed by atoms with Gasteiger partial charge in [0.05, 0.1) is 0 Å². The lowest BCUT2D eigenvalue weighted by atomic mass is 10.4. The summed E-state index contributed by atoms with van der Waals surface area (Å²) >= 11 is 5.59. The Labute approximate surface area is 93.3 Å². The lowest BCUT2D eigenvalue weighted by molar-refractivity contribution is 0.557. The number of nitrogens with one attached hydrogen (secondary N) is 1. The van der Waals surface area contributed by atoms with E-state index in [4.69, 9.17) is 11.6 Å². The van der Waals surface area contributed by atoms with Crippen LogP contribution < -0.4 is 4.72 Å². The van der Waals surface area contributed by atoms with Crippen molar-refractivity contribution in [3.8, 4) is 0 Å². The second kappa shape index (κ2) is 4.92. The Morgan fingerprint density at radius 3 is 2.60 bits per heavy atom. The average molecular weight is 252 g/mol. The van der Waals surface area contributed by atoms with Crippen LogP contribution in [0.25, 0.3) is 0 Å². The summed E-state index contributed by atoms with van der Waals surface area (Å²) in [4.78, 5) is -0.359. The summed E-state index contributed by atoms with van der Waals surface area (Å²) < 4.78 is 38.5. The van der Waals surface area contributed by atoms with E-state index in [1.807, 2.05) is 0 Å². The molecule has 0 radical (unpaired) electrons. The fraction of sp³-hybridized carbons (Fsp3) is 0.333. The van der Waals surface area contributed by atoms with Crippen LogP contribution in [-0.4, -0.2) is 20.3 Å². The molecule has 0 fully saturated rings. The molecule has 0 spiro atoms. The van der Waals surface area contributed by atoms with Crippen LogP contribution in [0.2, 0.25) is 0 Å². The van der Waals surface area contributed by atoms with Gasteiger partial charge in [-0.3, -0.25) is 0 Å². The molecule has 1 atom stereocenters. The topological polar surface area (TPSA) is 46.2 Å². The minimum absolute atomic E-state index is 0.0677. The first-order chi connectivity index (χ1) is 6.93. The maximum absolute atomic E-state index is 13.2. The van der Waals surface area contributed by atoms with Crippen molar-refractivity contribution in [3.05, 3.63) is 30.1 Å². The Morgan fingerprint density at radius 2 is 2.07 bits per heavy atom. The van der Waals surface area contributed by atoms with E-state index in [-0.39, 0.29) is 16.8 Å². The highest BCUT2D eigenvalue weighted by molar-refractivity contribution is 7.89. The van der Waals surface area contributed by atoms with Gasteiger partial charge in [-0.05, 0) is 19.1 Å². The van der Waals surface area contributed by atoms with Gasteiger partial charge in [0.15, 0.2) is 0 Å². The van der Waals surface area contributed by atoms with E-state index < -0.39 is 15.8 Å². The number of benzene rings is 1. The van der Waals surface area contributed by atoms with Gasteiger partial charge in [0, 0.05) is 11.9 Å². The number of halogens is 2. The Hall–Kier alpha value is -0.650. The molecule has 3 nitrogen and oxygen atoms in total. The van der Waals surface area contributed by atoms with Gasteiger partial charge in [0.2, 0.25) is 10.0 Å². The Balaban J connectivity index is 2.92. The third-order valence-electron chi connectivity index (χ3n) is 1.68. The maximum atomic E-state index is 13.2. The van der Waals surface area contributed by atoms with E-state index >= 15 is 0 Å². The summed E-state index contributed by atoms with van der Waals surface area (Å²) in [6.45, 7) is 1.71. The fourth-order valence-electron chi connectivity index (χ4n) is 0.965. The molecule has 0 saturated carbocycles. The van der Waals surface area contributed by atoms with Gasteiger partial charge < -0.3 is 0 Å². The zero-order valence-electron chi connectivity index (χ0n) is 8.07. The van der Waals surface area contributed by atoms with Gasteiger partial charge in [0.25, 0.3) is 0 Å². The number of sulfonamides is 1. The molecule has 0 aromatic heterocycles. The van der Waals surface area contributed by atoms with Crippen molar-refractivity contribution in [2.45, 2.75) is 17.2 Å². The molecule has 0 aliphatic rings. The molecule has 0 heterocycles. The molecule has 6 heteroatoms. The first kappa shape index (κ1) is 12.4. The maximum Gasteiger partial charge on any atom is 0.243 e. The lowest BCUT2D eigenvalue weighted by Gasteiger charge is -2.08. The molecule has 0 saturated heterocycles. The third-order valence-corrected chi connectivity index (χ3v) is 3.29. The quantitative estimate of drug-likeness (QED) is 0.829. The second-order valence-electron chi connectivity index (χ2n) is 3.06. The number of alkyl halides is 1. The summed E-state index contributed by atoms with van der Waals surface area (Å²) in [6.07, 6.45) is 0. The van der Waals surface area contributed by atoms with Crippen LogP contribution in [0.4, 0.5) is 4.39 Å². The summed E-state index contributed by atoms with van der Waals surface area (Å²) in [5.74, 6) is -0.771. The molecule has 0 aliphatic heterocycles. The highest BCUT2D eigenvalue weighted by Gasteiger charge is 2.18. The van der Waals surface area contributed by atoms with Crippen LogP contribution in [-0.2, 0) is 10.0 Å². The van der Waals surface area contributed by atoms with Gasteiger partial charge >= 0.3 is 0 Å². The van der Waals surface area contributed by atoms with Crippen LogP contribution in [0.15, 0.2) is 29.2 Å². The van der Waals surface area contributed by atoms with Crippen molar-refractivity contribution in [1.82, 2.24) is 4.72 Å². The second-order valence-corrected chi connectivity index (χ2v) is 5.54. The highest BCUT2D eigenvalue weighted by atomic mass is 35.5. The van der Waals surface area contributed by atoms with E-state index in [0.29, 0.717) is 0 Å². The van der Waals surface area contributed by atoms with Crippen molar-refractivity contribution in [3.63, 3.8) is 0 Å². The molecule has 0 aliphatic carbocycles. The third kappa shape index (κ3) is 3.44. The van der Waals surface area contributed by atoms with Gasteiger partial charge in [-0.15, -0.1) is 11.6 Å². The molecule has 1 unspecified atom stereocenters. The normalized spacial score (nSPS) is 13.8. The summed E-state index contributed by atoms with van der Waals surface area (Å²) in [6, 6.07) is 5.19. The van der Waals surface area contributed by atoms with Crippen LogP contribution >= 0.6 is 11.6 Å². The smallest absolute Gasteiger partial charge is 0.210 e. The molecule has 0 bridgehead atoms. The molecule has 1 N–H and O–H groups in total. The SMILES string of the molecule is CC(Cl)CNS(=O)(=O)c1ccccc1F. The molecule has 0 amide bonds. The summed E-state index contributed by atoms with van der Waals surface area (Å²) in [7, 11) is -3.80. The molecule has 15 heavy (non-hydrogen) atoms. The minimum atomic E-state index is -3.80. The summed E-state index contributed by atoms with van der Waals surface area (Å²) in [5.41, 5.74) is 0. The standard InChI is InChI=1S/C9H11ClFNO2S/c1-7(10)6-12-15(13,14)9-5-3-2-4-8(9)11/h2-5,7,12H,6H2,1H3. The van der Waals surface area contributed by atoms with E-state index in [9.17, 15) is 12.8 Å². The largest absolute Gasteiger partial charge is 0.243 e. The molecular formula is C9H11ClFNO2S. The predicted molar refractivity (Wildman–Crippen MR) is 56.9 cm³/mol. The van der Waals surface area contributed by atoms with Gasteiger partial charge in [-0.25, -0.2) is 17.5 Å². The van der Waals surface area contributed by atoms with Crippen molar-refractivity contribution >= 4 is 21.6 Å². The van der Waals surface area contributed by atoms with Crippen molar-refractivity contribution in [2.24, 2.45) is 0 Å². The van der Waals surface area contributed by atoms with Crippen LogP contribution in [0.1, 0.15) is 6.92 Å². The molecule has 1 aromatic rings. The first-order valence-corrected chi connectivity index (χ1v) is 6.23. The number of rotatable bonds is 4. The van der Waals surface area contributed by atoms with Crippen molar-refractivity contribution in [1.29, 1.82) is 0 Å². The van der Waals surface area contributed by atoms with Crippen LogP contribution in [0, 0.1) is 5.82 Å². The van der Waals surface area contributed by atoms with Gasteiger partial charge in [0.1, 0.15) is 10.7 Å². The Morgan fingerprint density at radius 1 is 1.47 bits per heavy atom. The van der Waals surface area contributed by atoms with Gasteiger partial charge in [-0.1, -0.05) is 12.1 Å². The molecule has 1 rings (SSSR count). The molecule has 1 aromatic carbocycles. The van der Waals surface area contributed by atoms with Gasteiger partial charge in [-0.2, -0.15) is 0 Å². The summed E-state index contributed by atoms with van der Waals surface area (Å²) in [5, 5.41) is -0.341. The van der Waals surface area contributed by atoms with Crippen LogP contribution in [0.3, 0.4) is 0 Å². The molecule has 84 valence electrons. The predicted octanol–water partition coefficient (Wildman–Crippen LogP) is 1.73. The Kier molecular flexibility index (Phi) is 4.07. The van der Waals surface area contributed by atoms with E-state index in [1.165, 1.54) is 18.2 Å². The zero-order chi connectivity index (χ0) is 11.5. The minimum Gasteiger partial charge on any atom is -0.210 e. The average Bonchev–Trinajstić information content (AvgIpc) is 2.15. The first-order valence-electron chi connectivity index (χ1n) is 4.32. The van der Waals surface area contributed by atoms with Crippen molar-refractivity contribution < 1.29 is 12.8 Å². The molecular weight excluding hydrogens is 241 g/mol. The van der Waals surface area contributed by atoms with E-state index in [2.05, 4.69) is 4.72 Å². The van der Waals surface area contributed by atoms with E-state index in [1.54, 1.807) is 6.92 Å².